The van der Waals surface area contributed by atoms with Crippen LogP contribution in [0.5, 0.6) is 11.5 Å². The second-order valence-corrected chi connectivity index (χ2v) is 9.90. The fraction of sp³-hybridized carbons (Fsp3) is 0.607. The average molecular weight is 596 g/mol. The molecule has 14 nitrogen and oxygen atoms in total. The van der Waals surface area contributed by atoms with Crippen LogP contribution in [0.3, 0.4) is 0 Å². The van der Waals surface area contributed by atoms with Gasteiger partial charge in [-0.05, 0) is 38.1 Å². The number of ether oxygens (including phenoxy) is 7. The monoisotopic (exact) mass is 595 g/mol. The molecule has 2 aliphatic rings. The second kappa shape index (κ2) is 15.4. The SMILES string of the molecule is CC(=O)OCC1OC(Oc2ccc(C(=O)OCCN3CCCCC3)c(O)c2)C(OC(C)=O)C(OC(C)=O)C1OC(C)=O. The predicted octanol–water partition coefficient (Wildman–Crippen LogP) is 1.50. The molecule has 2 aliphatic heterocycles. The predicted molar refractivity (Wildman–Crippen MR) is 141 cm³/mol. The van der Waals surface area contributed by atoms with Crippen LogP contribution in [0.4, 0.5) is 0 Å². The average Bonchev–Trinajstić information content (AvgIpc) is 2.90. The summed E-state index contributed by atoms with van der Waals surface area (Å²) in [6, 6.07) is 3.78. The molecule has 42 heavy (non-hydrogen) atoms. The third-order valence-corrected chi connectivity index (χ3v) is 6.48. The number of benzene rings is 1. The van der Waals surface area contributed by atoms with Crippen molar-refractivity contribution in [2.24, 2.45) is 0 Å². The van der Waals surface area contributed by atoms with Gasteiger partial charge in [0.05, 0.1) is 0 Å². The summed E-state index contributed by atoms with van der Waals surface area (Å²) in [6.07, 6.45) is -3.51. The minimum Gasteiger partial charge on any atom is -0.507 e. The molecule has 0 radical (unpaired) electrons. The van der Waals surface area contributed by atoms with E-state index in [0.717, 1.165) is 59.7 Å². The van der Waals surface area contributed by atoms with Crippen LogP contribution in [-0.2, 0) is 47.6 Å². The number of aromatic hydroxyl groups is 1. The summed E-state index contributed by atoms with van der Waals surface area (Å²) in [5.74, 6) is -4.19. The van der Waals surface area contributed by atoms with Crippen LogP contribution < -0.4 is 4.74 Å². The van der Waals surface area contributed by atoms with Gasteiger partial charge in [-0.25, -0.2) is 4.79 Å². The maximum atomic E-state index is 12.6. The summed E-state index contributed by atoms with van der Waals surface area (Å²) in [6.45, 7) is 6.72. The fourth-order valence-corrected chi connectivity index (χ4v) is 4.70. The van der Waals surface area contributed by atoms with Gasteiger partial charge in [0.15, 0.2) is 12.2 Å². The van der Waals surface area contributed by atoms with Crippen molar-refractivity contribution in [1.29, 1.82) is 0 Å². The van der Waals surface area contributed by atoms with E-state index in [0.29, 0.717) is 6.54 Å². The van der Waals surface area contributed by atoms with E-state index >= 15 is 0 Å². The Kier molecular flexibility index (Phi) is 11.9. The second-order valence-electron chi connectivity index (χ2n) is 9.90. The Bertz CT molecular complexity index is 1130. The Hall–Kier alpha value is -3.91. The number of phenolic OH excluding ortho intramolecular Hbond substituents is 1. The van der Waals surface area contributed by atoms with Gasteiger partial charge in [0, 0.05) is 40.3 Å². The largest absolute Gasteiger partial charge is 0.507 e. The summed E-state index contributed by atoms with van der Waals surface area (Å²) in [7, 11) is 0. The molecule has 0 amide bonds. The fourth-order valence-electron chi connectivity index (χ4n) is 4.70. The number of nitrogens with zero attached hydrogens (tertiary/aromatic N) is 1. The highest BCUT2D eigenvalue weighted by molar-refractivity contribution is 5.92. The van der Waals surface area contributed by atoms with Crippen LogP contribution in [-0.4, -0.2) is 103 Å². The normalized spacial score (nSPS) is 24.1. The Labute approximate surface area is 243 Å². The summed E-state index contributed by atoms with van der Waals surface area (Å²) >= 11 is 0. The topological polar surface area (TPSA) is 173 Å². The maximum Gasteiger partial charge on any atom is 0.341 e. The quantitative estimate of drug-likeness (QED) is 0.288. The van der Waals surface area contributed by atoms with E-state index in [1.807, 2.05) is 0 Å². The minimum atomic E-state index is -1.49. The molecular formula is C28H37NO13. The number of phenols is 1. The molecule has 2 heterocycles. The number of esters is 5. The molecule has 232 valence electrons. The van der Waals surface area contributed by atoms with Gasteiger partial charge in [0.2, 0.25) is 12.4 Å². The van der Waals surface area contributed by atoms with Crippen LogP contribution in [0.2, 0.25) is 0 Å². The first kappa shape index (κ1) is 32.6. The van der Waals surface area contributed by atoms with E-state index in [1.54, 1.807) is 0 Å². The zero-order chi connectivity index (χ0) is 30.8. The lowest BCUT2D eigenvalue weighted by molar-refractivity contribution is -0.288. The molecule has 0 aliphatic carbocycles. The number of rotatable bonds is 11. The van der Waals surface area contributed by atoms with Crippen molar-refractivity contribution >= 4 is 29.8 Å². The van der Waals surface area contributed by atoms with Crippen molar-refractivity contribution in [3.8, 4) is 11.5 Å². The van der Waals surface area contributed by atoms with E-state index in [4.69, 9.17) is 33.2 Å². The van der Waals surface area contributed by atoms with Crippen LogP contribution in [0, 0.1) is 0 Å². The maximum absolute atomic E-state index is 12.6. The van der Waals surface area contributed by atoms with E-state index in [1.165, 1.54) is 18.6 Å². The van der Waals surface area contributed by atoms with Gasteiger partial charge >= 0.3 is 29.8 Å². The van der Waals surface area contributed by atoms with Gasteiger partial charge in [0.1, 0.15) is 36.4 Å². The lowest BCUT2D eigenvalue weighted by Gasteiger charge is -2.43. The van der Waals surface area contributed by atoms with Crippen LogP contribution >= 0.6 is 0 Å². The van der Waals surface area contributed by atoms with E-state index < -0.39 is 72.9 Å². The zero-order valence-corrected chi connectivity index (χ0v) is 24.1. The molecule has 0 aromatic heterocycles. The highest BCUT2D eigenvalue weighted by Crippen LogP contribution is 2.32. The van der Waals surface area contributed by atoms with Crippen molar-refractivity contribution in [3.63, 3.8) is 0 Å². The molecule has 2 saturated heterocycles. The molecule has 14 heteroatoms. The first-order chi connectivity index (χ1) is 19.9. The molecule has 5 atom stereocenters. The first-order valence-corrected chi connectivity index (χ1v) is 13.6. The lowest BCUT2D eigenvalue weighted by atomic mass is 9.98. The molecule has 5 unspecified atom stereocenters. The summed E-state index contributed by atoms with van der Waals surface area (Å²) in [4.78, 5) is 62.1. The molecule has 1 aromatic carbocycles. The van der Waals surface area contributed by atoms with Crippen LogP contribution in [0.1, 0.15) is 57.3 Å². The van der Waals surface area contributed by atoms with Gasteiger partial charge in [-0.15, -0.1) is 0 Å². The van der Waals surface area contributed by atoms with Gasteiger partial charge in [0.25, 0.3) is 0 Å². The Morgan fingerprint density at radius 3 is 2.05 bits per heavy atom. The van der Waals surface area contributed by atoms with E-state index in [-0.39, 0.29) is 17.9 Å². The van der Waals surface area contributed by atoms with Crippen molar-refractivity contribution in [2.75, 3.05) is 32.8 Å². The third-order valence-electron chi connectivity index (χ3n) is 6.48. The molecule has 2 fully saturated rings. The molecule has 3 rings (SSSR count). The number of piperidine rings is 1. The van der Waals surface area contributed by atoms with Gasteiger partial charge < -0.3 is 38.3 Å². The number of hydrogen-bond acceptors (Lipinski definition) is 14. The van der Waals surface area contributed by atoms with E-state index in [2.05, 4.69) is 4.90 Å². The molecule has 0 bridgehead atoms. The number of likely N-dealkylation sites (tertiary alicyclic amines) is 1. The van der Waals surface area contributed by atoms with Crippen LogP contribution in [0.15, 0.2) is 18.2 Å². The molecule has 0 saturated carbocycles. The third kappa shape index (κ3) is 9.58. The van der Waals surface area contributed by atoms with Crippen molar-refractivity contribution in [2.45, 2.75) is 77.7 Å². The standard InChI is InChI=1S/C28H37NO13/c1-16(30)37-15-23-24(38-17(2)31)25(39-18(3)32)26(40-19(4)33)28(42-23)41-20-8-9-21(22(34)14-20)27(35)36-13-12-29-10-6-5-7-11-29/h8-9,14,23-26,28,34H,5-7,10-13,15H2,1-4H3. The summed E-state index contributed by atoms with van der Waals surface area (Å²) in [5.41, 5.74) is -0.0949. The van der Waals surface area contributed by atoms with Crippen LogP contribution in [0.25, 0.3) is 0 Å². The number of carbonyl (C=O) groups excluding carboxylic acids is 5. The number of carbonyl (C=O) groups is 5. The van der Waals surface area contributed by atoms with Crippen molar-refractivity contribution in [1.82, 2.24) is 4.90 Å². The van der Waals surface area contributed by atoms with Gasteiger partial charge in [-0.3, -0.25) is 24.1 Å². The van der Waals surface area contributed by atoms with Crippen molar-refractivity contribution in [3.05, 3.63) is 23.8 Å². The zero-order valence-electron chi connectivity index (χ0n) is 24.1. The highest BCUT2D eigenvalue weighted by Gasteiger charge is 2.53. The smallest absolute Gasteiger partial charge is 0.341 e. The molecule has 1 N–H and O–H groups in total. The van der Waals surface area contributed by atoms with Gasteiger partial charge in [-0.2, -0.15) is 0 Å². The van der Waals surface area contributed by atoms with E-state index in [9.17, 15) is 29.1 Å². The first-order valence-electron chi connectivity index (χ1n) is 13.6. The summed E-state index contributed by atoms with van der Waals surface area (Å²) in [5, 5.41) is 10.6. The van der Waals surface area contributed by atoms with Gasteiger partial charge in [-0.1, -0.05) is 6.42 Å². The van der Waals surface area contributed by atoms with Crippen molar-refractivity contribution < 1.29 is 62.2 Å². The molecule has 1 aromatic rings. The minimum absolute atomic E-state index is 0.0155. The Morgan fingerprint density at radius 2 is 1.45 bits per heavy atom. The molecule has 0 spiro atoms. The highest BCUT2D eigenvalue weighted by atomic mass is 16.7. The number of hydrogen-bond donors (Lipinski definition) is 1. The Balaban J connectivity index is 1.80. The molecular weight excluding hydrogens is 558 g/mol. The summed E-state index contributed by atoms with van der Waals surface area (Å²) < 4.78 is 38.1. The lowest BCUT2D eigenvalue weighted by Crippen LogP contribution is -2.63. The Morgan fingerprint density at radius 1 is 0.833 bits per heavy atom.